The van der Waals surface area contributed by atoms with Crippen LogP contribution in [0.15, 0.2) is 53.5 Å². The zero-order chi connectivity index (χ0) is 19.8. The van der Waals surface area contributed by atoms with Gasteiger partial charge in [-0.3, -0.25) is 9.89 Å². The molecule has 2 N–H and O–H groups in total. The highest BCUT2D eigenvalue weighted by atomic mass is 127. The number of rotatable bonds is 6. The van der Waals surface area contributed by atoms with Crippen molar-refractivity contribution in [2.75, 3.05) is 40.3 Å². The van der Waals surface area contributed by atoms with Crippen LogP contribution in [0.2, 0.25) is 0 Å². The minimum atomic E-state index is 0. The highest BCUT2D eigenvalue weighted by molar-refractivity contribution is 14.0. The van der Waals surface area contributed by atoms with E-state index in [0.29, 0.717) is 0 Å². The van der Waals surface area contributed by atoms with Gasteiger partial charge in [0.2, 0.25) is 0 Å². The summed E-state index contributed by atoms with van der Waals surface area (Å²) in [6, 6.07) is 17.5. The van der Waals surface area contributed by atoms with Crippen LogP contribution in [-0.4, -0.2) is 56.0 Å². The molecule has 0 radical (unpaired) electrons. The van der Waals surface area contributed by atoms with Crippen molar-refractivity contribution in [1.82, 2.24) is 20.4 Å². The van der Waals surface area contributed by atoms with Crippen LogP contribution in [0, 0.1) is 6.92 Å². The molecule has 0 aliphatic carbocycles. The number of aliphatic imine (C=N–C) groups is 1. The third-order valence-corrected chi connectivity index (χ3v) is 5.29. The van der Waals surface area contributed by atoms with Gasteiger partial charge in [-0.15, -0.1) is 24.0 Å². The molecule has 158 valence electrons. The van der Waals surface area contributed by atoms with Crippen molar-refractivity contribution in [2.24, 2.45) is 4.99 Å². The molecule has 0 spiro atoms. The van der Waals surface area contributed by atoms with Crippen LogP contribution in [0.4, 0.5) is 0 Å². The van der Waals surface area contributed by atoms with Gasteiger partial charge in [0, 0.05) is 52.9 Å². The third kappa shape index (κ3) is 7.95. The summed E-state index contributed by atoms with van der Waals surface area (Å²) in [5, 5.41) is 6.77. The Hall–Kier alpha value is -1.64. The SMILES string of the molecule is CN=C(NCc1ccc(C)cc1)NCc1ccc(CN2CCN(C)CC2)cc1.I. The summed E-state index contributed by atoms with van der Waals surface area (Å²) >= 11 is 0. The smallest absolute Gasteiger partial charge is 0.191 e. The molecule has 0 aromatic heterocycles. The number of nitrogens with zero attached hydrogens (tertiary/aromatic N) is 3. The van der Waals surface area contributed by atoms with Crippen LogP contribution in [0.3, 0.4) is 0 Å². The Kier molecular flexibility index (Phi) is 9.90. The van der Waals surface area contributed by atoms with E-state index in [-0.39, 0.29) is 24.0 Å². The van der Waals surface area contributed by atoms with Gasteiger partial charge >= 0.3 is 0 Å². The monoisotopic (exact) mass is 507 g/mol. The van der Waals surface area contributed by atoms with Gasteiger partial charge in [0.15, 0.2) is 5.96 Å². The van der Waals surface area contributed by atoms with Crippen molar-refractivity contribution in [1.29, 1.82) is 0 Å². The van der Waals surface area contributed by atoms with E-state index in [1.807, 2.05) is 7.05 Å². The Morgan fingerprint density at radius 1 is 0.828 bits per heavy atom. The normalized spacial score (nSPS) is 15.6. The number of guanidine groups is 1. The number of aryl methyl sites for hydroxylation is 1. The van der Waals surface area contributed by atoms with E-state index >= 15 is 0 Å². The Labute approximate surface area is 192 Å². The number of piperazine rings is 1. The standard InChI is InChI=1S/C23H33N5.HI/c1-19-4-6-20(7-5-19)16-25-23(24-2)26-17-21-8-10-22(11-9-21)18-28-14-12-27(3)13-15-28;/h4-11H,12-18H2,1-3H3,(H2,24,25,26);1H. The Morgan fingerprint density at radius 2 is 1.31 bits per heavy atom. The average molecular weight is 507 g/mol. The minimum absolute atomic E-state index is 0. The largest absolute Gasteiger partial charge is 0.352 e. The first-order valence-corrected chi connectivity index (χ1v) is 10.1. The molecule has 0 bridgehead atoms. The van der Waals surface area contributed by atoms with E-state index in [1.54, 1.807) is 0 Å². The third-order valence-electron chi connectivity index (χ3n) is 5.29. The van der Waals surface area contributed by atoms with Gasteiger partial charge in [-0.2, -0.15) is 0 Å². The van der Waals surface area contributed by atoms with Gasteiger partial charge in [-0.05, 0) is 30.7 Å². The molecule has 2 aromatic carbocycles. The van der Waals surface area contributed by atoms with E-state index in [9.17, 15) is 0 Å². The zero-order valence-corrected chi connectivity index (χ0v) is 20.1. The summed E-state index contributed by atoms with van der Waals surface area (Å²) in [4.78, 5) is 9.25. The predicted molar refractivity (Wildman–Crippen MR) is 133 cm³/mol. The molecule has 2 aromatic rings. The molecular formula is C23H34IN5. The van der Waals surface area contributed by atoms with Crippen LogP contribution >= 0.6 is 24.0 Å². The number of halogens is 1. The highest BCUT2D eigenvalue weighted by Gasteiger charge is 2.13. The Morgan fingerprint density at radius 3 is 1.83 bits per heavy atom. The van der Waals surface area contributed by atoms with E-state index < -0.39 is 0 Å². The van der Waals surface area contributed by atoms with Gasteiger partial charge in [0.1, 0.15) is 0 Å². The molecule has 3 rings (SSSR count). The average Bonchev–Trinajstić information content (AvgIpc) is 2.72. The lowest BCUT2D eigenvalue weighted by Crippen LogP contribution is -2.43. The van der Waals surface area contributed by atoms with Crippen molar-refractivity contribution >= 4 is 29.9 Å². The van der Waals surface area contributed by atoms with Crippen LogP contribution in [0.5, 0.6) is 0 Å². The van der Waals surface area contributed by atoms with Crippen molar-refractivity contribution < 1.29 is 0 Å². The van der Waals surface area contributed by atoms with Crippen molar-refractivity contribution in [3.05, 3.63) is 70.8 Å². The number of hydrogen-bond acceptors (Lipinski definition) is 3. The topological polar surface area (TPSA) is 42.9 Å². The fourth-order valence-electron chi connectivity index (χ4n) is 3.32. The summed E-state index contributed by atoms with van der Waals surface area (Å²) in [5.41, 5.74) is 5.18. The maximum absolute atomic E-state index is 4.32. The molecule has 1 aliphatic rings. The molecule has 1 heterocycles. The minimum Gasteiger partial charge on any atom is -0.352 e. The van der Waals surface area contributed by atoms with Crippen molar-refractivity contribution in [3.8, 4) is 0 Å². The number of nitrogens with one attached hydrogen (secondary N) is 2. The van der Waals surface area contributed by atoms with Crippen LogP contribution in [0.1, 0.15) is 22.3 Å². The van der Waals surface area contributed by atoms with Gasteiger partial charge in [0.05, 0.1) is 0 Å². The molecule has 5 nitrogen and oxygen atoms in total. The van der Waals surface area contributed by atoms with E-state index in [0.717, 1.165) is 51.8 Å². The second-order valence-corrected chi connectivity index (χ2v) is 7.66. The van der Waals surface area contributed by atoms with Gasteiger partial charge in [0.25, 0.3) is 0 Å². The molecule has 6 heteroatoms. The van der Waals surface area contributed by atoms with Gasteiger partial charge < -0.3 is 15.5 Å². The van der Waals surface area contributed by atoms with E-state index in [1.165, 1.54) is 22.3 Å². The molecule has 0 atom stereocenters. The fraction of sp³-hybridized carbons (Fsp3) is 0.435. The second kappa shape index (κ2) is 12.1. The molecule has 29 heavy (non-hydrogen) atoms. The van der Waals surface area contributed by atoms with Gasteiger partial charge in [-0.1, -0.05) is 54.1 Å². The van der Waals surface area contributed by atoms with Crippen LogP contribution < -0.4 is 10.6 Å². The molecule has 0 unspecified atom stereocenters. The molecule has 1 aliphatic heterocycles. The fourth-order valence-corrected chi connectivity index (χ4v) is 3.32. The summed E-state index contributed by atoms with van der Waals surface area (Å²) in [5.74, 6) is 0.821. The van der Waals surface area contributed by atoms with Crippen LogP contribution in [0.25, 0.3) is 0 Å². The molecule has 0 saturated carbocycles. The first-order valence-electron chi connectivity index (χ1n) is 10.1. The summed E-state index contributed by atoms with van der Waals surface area (Å²) in [7, 11) is 4.01. The Bertz CT molecular complexity index is 750. The highest BCUT2D eigenvalue weighted by Crippen LogP contribution is 2.10. The van der Waals surface area contributed by atoms with E-state index in [4.69, 9.17) is 0 Å². The van der Waals surface area contributed by atoms with Crippen molar-refractivity contribution in [2.45, 2.75) is 26.6 Å². The zero-order valence-electron chi connectivity index (χ0n) is 17.8. The molecule has 1 fully saturated rings. The molecule has 1 saturated heterocycles. The summed E-state index contributed by atoms with van der Waals surface area (Å²) < 4.78 is 0. The lowest BCUT2D eigenvalue weighted by atomic mass is 10.1. The molecular weight excluding hydrogens is 473 g/mol. The first kappa shape index (κ1) is 23.6. The number of likely N-dealkylation sites (N-methyl/N-ethyl adjacent to an activating group) is 1. The molecule has 0 amide bonds. The number of hydrogen-bond donors (Lipinski definition) is 2. The second-order valence-electron chi connectivity index (χ2n) is 7.66. The van der Waals surface area contributed by atoms with E-state index in [2.05, 4.69) is 87.9 Å². The quantitative estimate of drug-likeness (QED) is 0.358. The summed E-state index contributed by atoms with van der Waals surface area (Å²) in [6.45, 7) is 9.32. The lowest BCUT2D eigenvalue weighted by Gasteiger charge is -2.32. The summed E-state index contributed by atoms with van der Waals surface area (Å²) in [6.07, 6.45) is 0. The van der Waals surface area contributed by atoms with Gasteiger partial charge in [-0.25, -0.2) is 0 Å². The van der Waals surface area contributed by atoms with Crippen molar-refractivity contribution in [3.63, 3.8) is 0 Å². The number of benzene rings is 2. The maximum atomic E-state index is 4.32. The Balaban J connectivity index is 0.00000300. The lowest BCUT2D eigenvalue weighted by molar-refractivity contribution is 0.148. The first-order chi connectivity index (χ1) is 13.6. The maximum Gasteiger partial charge on any atom is 0.191 e. The van der Waals surface area contributed by atoms with Crippen LogP contribution in [-0.2, 0) is 19.6 Å². The predicted octanol–water partition coefficient (Wildman–Crippen LogP) is 3.23.